The molecular formula is C11H12BrClO3. The standard InChI is InChI=1S/C11H12BrClO3/c1-6(2)16-10-8(12)4-7(5-9(10)13)11(14)15-3/h4-6H,1-3H3. The fraction of sp³-hybridized carbons (Fsp3) is 0.364. The molecule has 0 aliphatic heterocycles. The van der Waals surface area contributed by atoms with Crippen LogP contribution in [0.4, 0.5) is 0 Å². The van der Waals surface area contributed by atoms with Gasteiger partial charge in [-0.1, -0.05) is 11.6 Å². The third-order valence-corrected chi connectivity index (χ3v) is 2.64. The highest BCUT2D eigenvalue weighted by Gasteiger charge is 2.14. The summed E-state index contributed by atoms with van der Waals surface area (Å²) in [6, 6.07) is 3.14. The van der Waals surface area contributed by atoms with Gasteiger partial charge in [-0.2, -0.15) is 0 Å². The first-order chi connectivity index (χ1) is 7.45. The molecule has 1 aromatic rings. The first kappa shape index (κ1) is 13.3. The van der Waals surface area contributed by atoms with Crippen LogP contribution in [-0.4, -0.2) is 19.2 Å². The first-order valence-electron chi connectivity index (χ1n) is 4.69. The molecule has 0 bridgehead atoms. The van der Waals surface area contributed by atoms with Crippen molar-refractivity contribution in [3.8, 4) is 5.75 Å². The summed E-state index contributed by atoms with van der Waals surface area (Å²) in [5.74, 6) is 0.100. The summed E-state index contributed by atoms with van der Waals surface area (Å²) >= 11 is 9.32. The van der Waals surface area contributed by atoms with Crippen LogP contribution in [0.1, 0.15) is 24.2 Å². The molecule has 1 aromatic carbocycles. The number of carbonyl (C=O) groups is 1. The van der Waals surface area contributed by atoms with Crippen LogP contribution in [0.15, 0.2) is 16.6 Å². The van der Waals surface area contributed by atoms with Crippen LogP contribution in [0.5, 0.6) is 5.75 Å². The van der Waals surface area contributed by atoms with Gasteiger partial charge in [-0.25, -0.2) is 4.79 Å². The number of esters is 1. The Balaban J connectivity index is 3.12. The van der Waals surface area contributed by atoms with Crippen molar-refractivity contribution in [3.63, 3.8) is 0 Å². The lowest BCUT2D eigenvalue weighted by atomic mass is 10.2. The van der Waals surface area contributed by atoms with Crippen molar-refractivity contribution in [2.75, 3.05) is 7.11 Å². The third kappa shape index (κ3) is 3.12. The largest absolute Gasteiger partial charge is 0.488 e. The molecule has 16 heavy (non-hydrogen) atoms. The van der Waals surface area contributed by atoms with Crippen molar-refractivity contribution in [2.45, 2.75) is 20.0 Å². The van der Waals surface area contributed by atoms with Crippen LogP contribution in [0, 0.1) is 0 Å². The Labute approximate surface area is 108 Å². The normalized spacial score (nSPS) is 10.4. The highest BCUT2D eigenvalue weighted by molar-refractivity contribution is 9.10. The number of hydrogen-bond acceptors (Lipinski definition) is 3. The molecular weight excluding hydrogens is 295 g/mol. The summed E-state index contributed by atoms with van der Waals surface area (Å²) in [5.41, 5.74) is 0.385. The fourth-order valence-corrected chi connectivity index (χ4v) is 2.08. The molecule has 88 valence electrons. The summed E-state index contributed by atoms with van der Waals surface area (Å²) in [6.07, 6.45) is 0.0118. The lowest BCUT2D eigenvalue weighted by molar-refractivity contribution is 0.0600. The van der Waals surface area contributed by atoms with Crippen LogP contribution in [-0.2, 0) is 4.74 Å². The van der Waals surface area contributed by atoms with E-state index < -0.39 is 5.97 Å². The highest BCUT2D eigenvalue weighted by atomic mass is 79.9. The van der Waals surface area contributed by atoms with Gasteiger partial charge in [0, 0.05) is 0 Å². The van der Waals surface area contributed by atoms with Gasteiger partial charge in [0.2, 0.25) is 0 Å². The average molecular weight is 308 g/mol. The molecule has 0 radical (unpaired) electrons. The molecule has 0 N–H and O–H groups in total. The van der Waals surface area contributed by atoms with Crippen molar-refractivity contribution in [2.24, 2.45) is 0 Å². The second kappa shape index (κ2) is 5.55. The molecule has 0 saturated heterocycles. The van der Waals surface area contributed by atoms with E-state index in [2.05, 4.69) is 20.7 Å². The molecule has 0 aliphatic rings. The van der Waals surface area contributed by atoms with Crippen molar-refractivity contribution in [3.05, 3.63) is 27.2 Å². The second-order valence-electron chi connectivity index (χ2n) is 3.43. The Morgan fingerprint density at radius 2 is 2.06 bits per heavy atom. The zero-order chi connectivity index (χ0) is 12.3. The summed E-state index contributed by atoms with van der Waals surface area (Å²) in [6.45, 7) is 3.80. The maximum atomic E-state index is 11.3. The third-order valence-electron chi connectivity index (χ3n) is 1.77. The smallest absolute Gasteiger partial charge is 0.337 e. The van der Waals surface area contributed by atoms with Crippen LogP contribution in [0.25, 0.3) is 0 Å². The number of hydrogen-bond donors (Lipinski definition) is 0. The molecule has 3 nitrogen and oxygen atoms in total. The van der Waals surface area contributed by atoms with E-state index in [-0.39, 0.29) is 6.10 Å². The average Bonchev–Trinajstić information content (AvgIpc) is 2.21. The topological polar surface area (TPSA) is 35.5 Å². The van der Waals surface area contributed by atoms with E-state index in [0.717, 1.165) is 0 Å². The number of ether oxygens (including phenoxy) is 2. The minimum absolute atomic E-state index is 0.0118. The maximum absolute atomic E-state index is 11.3. The summed E-state index contributed by atoms with van der Waals surface area (Å²) in [7, 11) is 1.32. The number of carbonyl (C=O) groups excluding carboxylic acids is 1. The Morgan fingerprint density at radius 3 is 2.50 bits per heavy atom. The minimum Gasteiger partial charge on any atom is -0.488 e. The number of methoxy groups -OCH3 is 1. The van der Waals surface area contributed by atoms with Crippen LogP contribution in [0.3, 0.4) is 0 Å². The lowest BCUT2D eigenvalue weighted by Crippen LogP contribution is -2.08. The van der Waals surface area contributed by atoms with E-state index in [9.17, 15) is 4.79 Å². The van der Waals surface area contributed by atoms with Crippen molar-refractivity contribution in [1.29, 1.82) is 0 Å². The van der Waals surface area contributed by atoms with E-state index in [1.165, 1.54) is 13.2 Å². The van der Waals surface area contributed by atoms with Crippen LogP contribution in [0.2, 0.25) is 5.02 Å². The van der Waals surface area contributed by atoms with Gasteiger partial charge in [0.25, 0.3) is 0 Å². The molecule has 1 rings (SSSR count). The Hall–Kier alpha value is -0.740. The van der Waals surface area contributed by atoms with Crippen molar-refractivity contribution >= 4 is 33.5 Å². The molecule has 0 unspecified atom stereocenters. The first-order valence-corrected chi connectivity index (χ1v) is 5.86. The molecule has 5 heteroatoms. The van der Waals surface area contributed by atoms with Gasteiger partial charge in [0.1, 0.15) is 0 Å². The summed E-state index contributed by atoms with van der Waals surface area (Å²) in [5, 5.41) is 0.378. The van der Waals surface area contributed by atoms with E-state index in [0.29, 0.717) is 20.8 Å². The SMILES string of the molecule is COC(=O)c1cc(Cl)c(OC(C)C)c(Br)c1. The fourth-order valence-electron chi connectivity index (χ4n) is 1.14. The van der Waals surface area contributed by atoms with Crippen molar-refractivity contribution < 1.29 is 14.3 Å². The van der Waals surface area contributed by atoms with Crippen LogP contribution >= 0.6 is 27.5 Å². The predicted octanol–water partition coefficient (Wildman–Crippen LogP) is 3.68. The summed E-state index contributed by atoms with van der Waals surface area (Å²) < 4.78 is 10.8. The highest BCUT2D eigenvalue weighted by Crippen LogP contribution is 2.35. The number of halogens is 2. The number of benzene rings is 1. The molecule has 0 aliphatic carbocycles. The number of rotatable bonds is 3. The molecule has 0 saturated carbocycles. The molecule has 0 atom stereocenters. The maximum Gasteiger partial charge on any atom is 0.337 e. The van der Waals surface area contributed by atoms with E-state index in [1.807, 2.05) is 13.8 Å². The Kier molecular flexibility index (Phi) is 4.62. The zero-order valence-corrected chi connectivity index (χ0v) is 11.6. The van der Waals surface area contributed by atoms with Gasteiger partial charge in [-0.05, 0) is 41.9 Å². The van der Waals surface area contributed by atoms with Gasteiger partial charge >= 0.3 is 5.97 Å². The molecule has 0 fully saturated rings. The monoisotopic (exact) mass is 306 g/mol. The van der Waals surface area contributed by atoms with E-state index in [4.69, 9.17) is 16.3 Å². The van der Waals surface area contributed by atoms with Gasteiger partial charge in [0.05, 0.1) is 28.3 Å². The second-order valence-corrected chi connectivity index (χ2v) is 4.69. The summed E-state index contributed by atoms with van der Waals surface area (Å²) in [4.78, 5) is 11.3. The Morgan fingerprint density at radius 1 is 1.44 bits per heavy atom. The lowest BCUT2D eigenvalue weighted by Gasteiger charge is -2.13. The molecule has 0 aromatic heterocycles. The van der Waals surface area contributed by atoms with Crippen LogP contribution < -0.4 is 4.74 Å². The van der Waals surface area contributed by atoms with Gasteiger partial charge in [-0.3, -0.25) is 0 Å². The van der Waals surface area contributed by atoms with E-state index in [1.54, 1.807) is 6.07 Å². The predicted molar refractivity (Wildman–Crippen MR) is 66.3 cm³/mol. The quantitative estimate of drug-likeness (QED) is 0.799. The molecule has 0 spiro atoms. The van der Waals surface area contributed by atoms with E-state index >= 15 is 0 Å². The zero-order valence-electron chi connectivity index (χ0n) is 9.21. The Bertz CT molecular complexity index is 381. The minimum atomic E-state index is -0.432. The van der Waals surface area contributed by atoms with Gasteiger partial charge in [-0.15, -0.1) is 0 Å². The molecule has 0 amide bonds. The molecule has 0 heterocycles. The van der Waals surface area contributed by atoms with Gasteiger partial charge in [0.15, 0.2) is 5.75 Å². The van der Waals surface area contributed by atoms with Crippen molar-refractivity contribution in [1.82, 2.24) is 0 Å². The van der Waals surface area contributed by atoms with Gasteiger partial charge < -0.3 is 9.47 Å².